The largest absolute Gasteiger partial charge is 0.374 e. The number of hydrogen-bond acceptors (Lipinski definition) is 2. The van der Waals surface area contributed by atoms with Crippen molar-refractivity contribution in [2.45, 2.75) is 45.3 Å². The van der Waals surface area contributed by atoms with Crippen LogP contribution in [0.1, 0.15) is 33.6 Å². The van der Waals surface area contributed by atoms with Gasteiger partial charge in [-0.1, -0.05) is 13.0 Å². The molecule has 0 aliphatic rings. The second-order valence-corrected chi connectivity index (χ2v) is 3.23. The molecule has 2 N–H and O–H groups in total. The van der Waals surface area contributed by atoms with Crippen LogP contribution in [0.5, 0.6) is 0 Å². The van der Waals surface area contributed by atoms with Gasteiger partial charge in [0.1, 0.15) is 0 Å². The molecule has 0 aromatic carbocycles. The van der Waals surface area contributed by atoms with Crippen LogP contribution in [0, 0.1) is 0 Å². The molecule has 2 nitrogen and oxygen atoms in total. The molecule has 2 unspecified atom stereocenters. The summed E-state index contributed by atoms with van der Waals surface area (Å²) in [5.41, 5.74) is 5.77. The summed E-state index contributed by atoms with van der Waals surface area (Å²) in [6.45, 7) is 10.5. The third kappa shape index (κ3) is 2.95. The fourth-order valence-corrected chi connectivity index (χ4v) is 1.23. The van der Waals surface area contributed by atoms with Gasteiger partial charge in [0, 0.05) is 12.6 Å². The molecule has 0 aromatic rings. The van der Waals surface area contributed by atoms with E-state index < -0.39 is 0 Å². The summed E-state index contributed by atoms with van der Waals surface area (Å²) in [5, 5.41) is 0. The third-order valence-corrected chi connectivity index (χ3v) is 2.38. The molecule has 0 radical (unpaired) electrons. The van der Waals surface area contributed by atoms with E-state index in [4.69, 9.17) is 10.5 Å². The third-order valence-electron chi connectivity index (χ3n) is 2.38. The number of rotatable bonds is 6. The Morgan fingerprint density at radius 3 is 2.50 bits per heavy atom. The van der Waals surface area contributed by atoms with Crippen LogP contribution < -0.4 is 5.73 Å². The van der Waals surface area contributed by atoms with Gasteiger partial charge in [-0.15, -0.1) is 6.58 Å². The molecule has 0 fully saturated rings. The van der Waals surface area contributed by atoms with Crippen molar-refractivity contribution >= 4 is 0 Å². The van der Waals surface area contributed by atoms with E-state index in [-0.39, 0.29) is 11.6 Å². The van der Waals surface area contributed by atoms with Crippen LogP contribution in [-0.4, -0.2) is 18.2 Å². The molecule has 0 heterocycles. The molecule has 0 aromatic heterocycles. The average Bonchev–Trinajstić information content (AvgIpc) is 2.05. The lowest BCUT2D eigenvalue weighted by atomic mass is 9.91. The standard InChI is InChI=1S/C10H21NO/c1-5-8-9(11)10(4,6-2)12-7-3/h5,9H,1,6-8,11H2,2-4H3. The smallest absolute Gasteiger partial charge is 0.0804 e. The van der Waals surface area contributed by atoms with Crippen molar-refractivity contribution in [3.8, 4) is 0 Å². The summed E-state index contributed by atoms with van der Waals surface area (Å²) in [4.78, 5) is 0. The number of ether oxygens (including phenoxy) is 1. The molecule has 2 heteroatoms. The summed E-state index contributed by atoms with van der Waals surface area (Å²) in [6.07, 6.45) is 3.60. The molecular weight excluding hydrogens is 150 g/mol. The maximum atomic E-state index is 5.96. The van der Waals surface area contributed by atoms with E-state index in [9.17, 15) is 0 Å². The first-order valence-corrected chi connectivity index (χ1v) is 4.61. The highest BCUT2D eigenvalue weighted by Crippen LogP contribution is 2.20. The van der Waals surface area contributed by atoms with Gasteiger partial charge >= 0.3 is 0 Å². The minimum Gasteiger partial charge on any atom is -0.374 e. The highest BCUT2D eigenvalue weighted by molar-refractivity contribution is 4.90. The first-order valence-electron chi connectivity index (χ1n) is 4.61. The van der Waals surface area contributed by atoms with Gasteiger partial charge in [-0.3, -0.25) is 0 Å². The molecule has 0 rings (SSSR count). The second-order valence-electron chi connectivity index (χ2n) is 3.23. The van der Waals surface area contributed by atoms with Crippen LogP contribution in [0.2, 0.25) is 0 Å². The van der Waals surface area contributed by atoms with Gasteiger partial charge in [0.05, 0.1) is 5.60 Å². The maximum Gasteiger partial charge on any atom is 0.0804 e. The van der Waals surface area contributed by atoms with Crippen LogP contribution >= 0.6 is 0 Å². The minimum atomic E-state index is -0.192. The van der Waals surface area contributed by atoms with E-state index in [2.05, 4.69) is 20.4 Å². The molecule has 0 saturated carbocycles. The van der Waals surface area contributed by atoms with E-state index in [0.29, 0.717) is 0 Å². The van der Waals surface area contributed by atoms with Crippen molar-refractivity contribution in [3.05, 3.63) is 12.7 Å². The van der Waals surface area contributed by atoms with Gasteiger partial charge in [0.15, 0.2) is 0 Å². The fourth-order valence-electron chi connectivity index (χ4n) is 1.23. The van der Waals surface area contributed by atoms with Crippen LogP contribution in [0.3, 0.4) is 0 Å². The second kappa shape index (κ2) is 5.33. The molecule has 0 amide bonds. The van der Waals surface area contributed by atoms with Crippen molar-refractivity contribution in [2.75, 3.05) is 6.61 Å². The first kappa shape index (κ1) is 11.7. The van der Waals surface area contributed by atoms with Gasteiger partial charge in [0.2, 0.25) is 0 Å². The summed E-state index contributed by atoms with van der Waals surface area (Å²) in [6, 6.07) is 0.0555. The summed E-state index contributed by atoms with van der Waals surface area (Å²) in [7, 11) is 0. The monoisotopic (exact) mass is 171 g/mol. The molecule has 0 aliphatic carbocycles. The Morgan fingerprint density at radius 1 is 1.58 bits per heavy atom. The lowest BCUT2D eigenvalue weighted by Crippen LogP contribution is -2.47. The van der Waals surface area contributed by atoms with Gasteiger partial charge in [-0.25, -0.2) is 0 Å². The SMILES string of the molecule is C=CCC(N)C(C)(CC)OCC. The molecule has 0 aliphatic heterocycles. The van der Waals surface area contributed by atoms with E-state index in [1.165, 1.54) is 0 Å². The quantitative estimate of drug-likeness (QED) is 0.621. The van der Waals surface area contributed by atoms with Crippen LogP contribution in [0.4, 0.5) is 0 Å². The molecule has 0 bridgehead atoms. The summed E-state index contributed by atoms with van der Waals surface area (Å²) < 4.78 is 5.62. The zero-order valence-electron chi connectivity index (χ0n) is 8.47. The van der Waals surface area contributed by atoms with E-state index >= 15 is 0 Å². The number of nitrogens with two attached hydrogens (primary N) is 1. The highest BCUT2D eigenvalue weighted by atomic mass is 16.5. The lowest BCUT2D eigenvalue weighted by Gasteiger charge is -2.33. The van der Waals surface area contributed by atoms with Gasteiger partial charge < -0.3 is 10.5 Å². The topological polar surface area (TPSA) is 35.2 Å². The van der Waals surface area contributed by atoms with Crippen molar-refractivity contribution in [1.29, 1.82) is 0 Å². The summed E-state index contributed by atoms with van der Waals surface area (Å²) in [5.74, 6) is 0. The van der Waals surface area contributed by atoms with E-state index in [0.717, 1.165) is 19.4 Å². The van der Waals surface area contributed by atoms with Crippen molar-refractivity contribution in [2.24, 2.45) is 5.73 Å². The van der Waals surface area contributed by atoms with Crippen LogP contribution in [0.25, 0.3) is 0 Å². The molecule has 0 spiro atoms. The Balaban J connectivity index is 4.17. The van der Waals surface area contributed by atoms with Crippen molar-refractivity contribution in [3.63, 3.8) is 0 Å². The molecule has 12 heavy (non-hydrogen) atoms. The van der Waals surface area contributed by atoms with Gasteiger partial charge in [-0.2, -0.15) is 0 Å². The zero-order valence-corrected chi connectivity index (χ0v) is 8.47. The molecule has 72 valence electrons. The average molecular weight is 171 g/mol. The van der Waals surface area contributed by atoms with E-state index in [1.54, 1.807) is 0 Å². The predicted molar refractivity (Wildman–Crippen MR) is 53.1 cm³/mol. The highest BCUT2D eigenvalue weighted by Gasteiger charge is 2.29. The Kier molecular flexibility index (Phi) is 5.18. The van der Waals surface area contributed by atoms with E-state index in [1.807, 2.05) is 13.0 Å². The first-order chi connectivity index (χ1) is 5.60. The Bertz CT molecular complexity index is 136. The van der Waals surface area contributed by atoms with Crippen LogP contribution in [0.15, 0.2) is 12.7 Å². The molecule has 0 saturated heterocycles. The fraction of sp³-hybridized carbons (Fsp3) is 0.800. The zero-order chi connectivity index (χ0) is 9.61. The molecular formula is C10H21NO. The van der Waals surface area contributed by atoms with Crippen molar-refractivity contribution in [1.82, 2.24) is 0 Å². The normalized spacial score (nSPS) is 18.3. The van der Waals surface area contributed by atoms with Gasteiger partial charge in [0.25, 0.3) is 0 Å². The van der Waals surface area contributed by atoms with Crippen LogP contribution in [-0.2, 0) is 4.74 Å². The minimum absolute atomic E-state index is 0.0555. The molecule has 2 atom stereocenters. The van der Waals surface area contributed by atoms with Gasteiger partial charge in [-0.05, 0) is 26.7 Å². The Labute approximate surface area is 75.8 Å². The predicted octanol–water partition coefficient (Wildman–Crippen LogP) is 2.10. The summed E-state index contributed by atoms with van der Waals surface area (Å²) >= 11 is 0. The lowest BCUT2D eigenvalue weighted by molar-refractivity contribution is -0.0455. The number of hydrogen-bond donors (Lipinski definition) is 1. The maximum absolute atomic E-state index is 5.96. The Hall–Kier alpha value is -0.340. The van der Waals surface area contributed by atoms with Crippen molar-refractivity contribution < 1.29 is 4.74 Å². The Morgan fingerprint density at radius 2 is 2.17 bits per heavy atom.